The number of rotatable bonds is 6. The van der Waals surface area contributed by atoms with E-state index in [1.165, 1.54) is 6.26 Å². The van der Waals surface area contributed by atoms with E-state index >= 15 is 0 Å². The number of hydrogen-bond donors (Lipinski definition) is 0. The van der Waals surface area contributed by atoms with Crippen molar-refractivity contribution in [3.8, 4) is 0 Å². The van der Waals surface area contributed by atoms with Gasteiger partial charge in [0.25, 0.3) is 0 Å². The quantitative estimate of drug-likeness (QED) is 0.675. The van der Waals surface area contributed by atoms with Gasteiger partial charge < -0.3 is 4.42 Å². The second-order valence-electron chi connectivity index (χ2n) is 3.95. The van der Waals surface area contributed by atoms with Crippen LogP contribution in [0.2, 0.25) is 0 Å². The third-order valence-corrected chi connectivity index (χ3v) is 2.65. The fourth-order valence-electron chi connectivity index (χ4n) is 1.54. The van der Waals surface area contributed by atoms with Crippen LogP contribution in [0.3, 0.4) is 0 Å². The van der Waals surface area contributed by atoms with E-state index in [0.717, 1.165) is 12.8 Å². The number of Topliss-reactive ketones (excluding diaryl/α,β-unsaturated/α-hetero) is 1. The minimum atomic E-state index is 0.0467. The van der Waals surface area contributed by atoms with Gasteiger partial charge in [-0.3, -0.25) is 9.69 Å². The number of likely N-dealkylation sites (N-methyl/N-ethyl adjacent to an activating group) is 1. The molecule has 0 fully saturated rings. The summed E-state index contributed by atoms with van der Waals surface area (Å²) in [5, 5.41) is 0. The highest BCUT2D eigenvalue weighted by molar-refractivity contribution is 5.94. The molecule has 0 radical (unpaired) electrons. The van der Waals surface area contributed by atoms with E-state index in [0.29, 0.717) is 18.3 Å². The predicted molar refractivity (Wildman–Crippen MR) is 60.0 cm³/mol. The standard InChI is InChI=1S/C12H19NO2/c1-4-6-10(2)13(3)9-11(14)12-7-5-8-15-12/h5,7-8,10H,4,6,9H2,1-3H3. The Labute approximate surface area is 91.1 Å². The summed E-state index contributed by atoms with van der Waals surface area (Å²) in [7, 11) is 1.97. The largest absolute Gasteiger partial charge is 0.461 e. The van der Waals surface area contributed by atoms with Crippen molar-refractivity contribution in [2.75, 3.05) is 13.6 Å². The number of hydrogen-bond acceptors (Lipinski definition) is 3. The fourth-order valence-corrected chi connectivity index (χ4v) is 1.54. The van der Waals surface area contributed by atoms with Gasteiger partial charge >= 0.3 is 0 Å². The molecule has 0 aliphatic carbocycles. The monoisotopic (exact) mass is 209 g/mol. The Morgan fingerprint density at radius 2 is 2.33 bits per heavy atom. The van der Waals surface area contributed by atoms with Crippen LogP contribution in [-0.4, -0.2) is 30.3 Å². The van der Waals surface area contributed by atoms with E-state index in [1.807, 2.05) is 7.05 Å². The number of ketones is 1. The van der Waals surface area contributed by atoms with Crippen LogP contribution in [0.4, 0.5) is 0 Å². The number of nitrogens with zero attached hydrogens (tertiary/aromatic N) is 1. The van der Waals surface area contributed by atoms with Gasteiger partial charge in [-0.25, -0.2) is 0 Å². The molecule has 0 aliphatic heterocycles. The van der Waals surface area contributed by atoms with Gasteiger partial charge in [0.2, 0.25) is 5.78 Å². The lowest BCUT2D eigenvalue weighted by Gasteiger charge is -2.22. The highest BCUT2D eigenvalue weighted by Gasteiger charge is 2.15. The maximum atomic E-state index is 11.7. The van der Waals surface area contributed by atoms with Gasteiger partial charge in [-0.05, 0) is 32.5 Å². The van der Waals surface area contributed by atoms with Crippen LogP contribution in [0.25, 0.3) is 0 Å². The van der Waals surface area contributed by atoms with Crippen LogP contribution in [0.5, 0.6) is 0 Å². The maximum absolute atomic E-state index is 11.7. The van der Waals surface area contributed by atoms with Crippen molar-refractivity contribution < 1.29 is 9.21 Å². The summed E-state index contributed by atoms with van der Waals surface area (Å²) >= 11 is 0. The molecule has 1 aromatic rings. The molecule has 15 heavy (non-hydrogen) atoms. The van der Waals surface area contributed by atoms with Gasteiger partial charge in [0.1, 0.15) is 0 Å². The Morgan fingerprint density at radius 1 is 1.60 bits per heavy atom. The summed E-state index contributed by atoms with van der Waals surface area (Å²) in [6, 6.07) is 3.89. The predicted octanol–water partition coefficient (Wildman–Crippen LogP) is 2.58. The molecule has 0 spiro atoms. The minimum absolute atomic E-state index is 0.0467. The molecule has 1 atom stereocenters. The van der Waals surface area contributed by atoms with Crippen molar-refractivity contribution in [3.05, 3.63) is 24.2 Å². The van der Waals surface area contributed by atoms with Crippen LogP contribution in [0, 0.1) is 0 Å². The lowest BCUT2D eigenvalue weighted by atomic mass is 10.1. The molecule has 0 N–H and O–H groups in total. The zero-order chi connectivity index (χ0) is 11.3. The van der Waals surface area contributed by atoms with Crippen molar-refractivity contribution in [3.63, 3.8) is 0 Å². The lowest BCUT2D eigenvalue weighted by molar-refractivity contribution is 0.0894. The lowest BCUT2D eigenvalue weighted by Crippen LogP contribution is -2.33. The number of carbonyl (C=O) groups excluding carboxylic acids is 1. The van der Waals surface area contributed by atoms with E-state index < -0.39 is 0 Å². The smallest absolute Gasteiger partial charge is 0.211 e. The highest BCUT2D eigenvalue weighted by Crippen LogP contribution is 2.07. The van der Waals surface area contributed by atoms with Gasteiger partial charge in [-0.1, -0.05) is 13.3 Å². The van der Waals surface area contributed by atoms with E-state index in [1.54, 1.807) is 12.1 Å². The number of furan rings is 1. The van der Waals surface area contributed by atoms with Gasteiger partial charge in [0.15, 0.2) is 5.76 Å². The second kappa shape index (κ2) is 5.71. The van der Waals surface area contributed by atoms with E-state index in [2.05, 4.69) is 18.7 Å². The topological polar surface area (TPSA) is 33.5 Å². The first-order chi connectivity index (χ1) is 7.15. The molecule has 0 saturated heterocycles. The average molecular weight is 209 g/mol. The van der Waals surface area contributed by atoms with E-state index in [-0.39, 0.29) is 5.78 Å². The summed E-state index contributed by atoms with van der Waals surface area (Å²) < 4.78 is 5.06. The van der Waals surface area contributed by atoms with Crippen molar-refractivity contribution in [1.82, 2.24) is 4.90 Å². The molecule has 1 unspecified atom stereocenters. The van der Waals surface area contributed by atoms with Gasteiger partial charge in [0, 0.05) is 6.04 Å². The van der Waals surface area contributed by atoms with E-state index in [9.17, 15) is 4.79 Å². The molecule has 3 heteroatoms. The number of carbonyl (C=O) groups is 1. The molecular formula is C12H19NO2. The SMILES string of the molecule is CCCC(C)N(C)CC(=O)c1ccco1. The van der Waals surface area contributed by atoms with E-state index in [4.69, 9.17) is 4.42 Å². The normalized spacial score (nSPS) is 13.1. The fraction of sp³-hybridized carbons (Fsp3) is 0.583. The zero-order valence-corrected chi connectivity index (χ0v) is 9.69. The van der Waals surface area contributed by atoms with Crippen LogP contribution in [0.15, 0.2) is 22.8 Å². The molecule has 0 bridgehead atoms. The summed E-state index contributed by atoms with van der Waals surface area (Å²) in [6.45, 7) is 4.71. The molecule has 0 amide bonds. The van der Waals surface area contributed by atoms with Crippen LogP contribution >= 0.6 is 0 Å². The Morgan fingerprint density at radius 3 is 2.87 bits per heavy atom. The van der Waals surface area contributed by atoms with Gasteiger partial charge in [-0.2, -0.15) is 0 Å². The summed E-state index contributed by atoms with van der Waals surface area (Å²) in [6.07, 6.45) is 3.78. The highest BCUT2D eigenvalue weighted by atomic mass is 16.3. The molecule has 0 saturated carbocycles. The minimum Gasteiger partial charge on any atom is -0.461 e. The summed E-state index contributed by atoms with van der Waals surface area (Å²) in [5.74, 6) is 0.496. The van der Waals surface area contributed by atoms with Crippen molar-refractivity contribution in [2.45, 2.75) is 32.7 Å². The molecule has 0 aliphatic rings. The van der Waals surface area contributed by atoms with Crippen LogP contribution in [-0.2, 0) is 0 Å². The first-order valence-electron chi connectivity index (χ1n) is 5.42. The Kier molecular flexibility index (Phi) is 4.56. The van der Waals surface area contributed by atoms with Crippen molar-refractivity contribution >= 4 is 5.78 Å². The van der Waals surface area contributed by atoms with Gasteiger partial charge in [0.05, 0.1) is 12.8 Å². The second-order valence-corrected chi connectivity index (χ2v) is 3.95. The molecule has 0 aromatic carbocycles. The maximum Gasteiger partial charge on any atom is 0.211 e. The zero-order valence-electron chi connectivity index (χ0n) is 9.69. The Hall–Kier alpha value is -1.09. The van der Waals surface area contributed by atoms with Crippen molar-refractivity contribution in [1.29, 1.82) is 0 Å². The molecule has 84 valence electrons. The first kappa shape index (κ1) is 12.0. The summed E-state index contributed by atoms with van der Waals surface area (Å²) in [4.78, 5) is 13.8. The molecule has 1 rings (SSSR count). The van der Waals surface area contributed by atoms with Crippen molar-refractivity contribution in [2.24, 2.45) is 0 Å². The molecule has 1 heterocycles. The van der Waals surface area contributed by atoms with Gasteiger partial charge in [-0.15, -0.1) is 0 Å². The summed E-state index contributed by atoms with van der Waals surface area (Å²) in [5.41, 5.74) is 0. The first-order valence-corrected chi connectivity index (χ1v) is 5.42. The van der Waals surface area contributed by atoms with Crippen LogP contribution in [0.1, 0.15) is 37.2 Å². The molecule has 1 aromatic heterocycles. The molecular weight excluding hydrogens is 190 g/mol. The van der Waals surface area contributed by atoms with Crippen LogP contribution < -0.4 is 0 Å². The average Bonchev–Trinajstić information content (AvgIpc) is 2.70. The Balaban J connectivity index is 2.44. The third-order valence-electron chi connectivity index (χ3n) is 2.65. The third kappa shape index (κ3) is 3.51. The Bertz CT molecular complexity index is 293. The molecule has 3 nitrogen and oxygen atoms in total.